The third-order valence-electron chi connectivity index (χ3n) is 1.81. The molecule has 6 nitrogen and oxygen atoms in total. The van der Waals surface area contributed by atoms with E-state index in [4.69, 9.17) is 0 Å². The van der Waals surface area contributed by atoms with E-state index in [1.807, 2.05) is 0 Å². The van der Waals surface area contributed by atoms with Gasteiger partial charge in [0.15, 0.2) is 5.65 Å². The highest BCUT2D eigenvalue weighted by atomic mass is 32.2. The van der Waals surface area contributed by atoms with E-state index in [0.717, 1.165) is 3.97 Å². The van der Waals surface area contributed by atoms with Crippen LogP contribution in [0.3, 0.4) is 0 Å². The number of hydrogen-bond donors (Lipinski definition) is 0. The summed E-state index contributed by atoms with van der Waals surface area (Å²) in [5, 5.41) is 0. The monoisotopic (exact) mass is 224 g/mol. The Morgan fingerprint density at radius 3 is 3.00 bits per heavy atom. The molecule has 0 atom stereocenters. The van der Waals surface area contributed by atoms with Gasteiger partial charge in [0.25, 0.3) is 0 Å². The van der Waals surface area contributed by atoms with Gasteiger partial charge in [-0.05, 0) is 0 Å². The van der Waals surface area contributed by atoms with Crippen molar-refractivity contribution in [3.8, 4) is 0 Å². The van der Waals surface area contributed by atoms with E-state index in [-0.39, 0.29) is 11.4 Å². The lowest BCUT2D eigenvalue weighted by Gasteiger charge is -2.01. The van der Waals surface area contributed by atoms with Gasteiger partial charge in [-0.3, -0.25) is 0 Å². The molecule has 0 spiro atoms. The van der Waals surface area contributed by atoms with Gasteiger partial charge in [-0.15, -0.1) is 6.58 Å². The molecule has 0 aromatic carbocycles. The van der Waals surface area contributed by atoms with Crippen LogP contribution < -0.4 is 0 Å². The van der Waals surface area contributed by atoms with Crippen LogP contribution in [0.2, 0.25) is 0 Å². The molecule has 0 N–H and O–H groups in total. The number of fused-ring (bicyclic) bond motifs is 1. The summed E-state index contributed by atoms with van der Waals surface area (Å²) in [6.45, 7) is 3.39. The van der Waals surface area contributed by atoms with E-state index in [0.29, 0.717) is 5.52 Å². The molecule has 2 aromatic rings. The maximum absolute atomic E-state index is 11.7. The maximum atomic E-state index is 11.7. The largest absolute Gasteiger partial charge is 0.245 e. The van der Waals surface area contributed by atoms with Crippen LogP contribution in [0.25, 0.3) is 11.2 Å². The fourth-order valence-electron chi connectivity index (χ4n) is 1.18. The van der Waals surface area contributed by atoms with E-state index in [1.165, 1.54) is 24.9 Å². The second-order valence-corrected chi connectivity index (χ2v) is 4.73. The highest BCUT2D eigenvalue weighted by Crippen LogP contribution is 2.10. The Balaban J connectivity index is 2.67. The minimum atomic E-state index is -3.45. The highest BCUT2D eigenvalue weighted by Gasteiger charge is 2.15. The fraction of sp³-hybridized carbons (Fsp3) is 0.125. The van der Waals surface area contributed by atoms with Crippen molar-refractivity contribution in [1.82, 2.24) is 18.9 Å². The minimum absolute atomic E-state index is 0.150. The van der Waals surface area contributed by atoms with Crippen molar-refractivity contribution < 1.29 is 8.42 Å². The Morgan fingerprint density at radius 1 is 1.47 bits per heavy atom. The van der Waals surface area contributed by atoms with Gasteiger partial charge in [0, 0.05) is 0 Å². The molecule has 0 saturated carbocycles. The molecule has 0 radical (unpaired) electrons. The van der Waals surface area contributed by atoms with Crippen molar-refractivity contribution in [2.75, 3.05) is 5.75 Å². The molecule has 7 heteroatoms. The van der Waals surface area contributed by atoms with Gasteiger partial charge in [-0.1, -0.05) is 6.08 Å². The summed E-state index contributed by atoms with van der Waals surface area (Å²) in [5.41, 5.74) is 0.733. The molecule has 0 unspecified atom stereocenters. The number of hydrogen-bond acceptors (Lipinski definition) is 5. The van der Waals surface area contributed by atoms with Crippen molar-refractivity contribution in [3.05, 3.63) is 31.5 Å². The van der Waals surface area contributed by atoms with Gasteiger partial charge in [-0.25, -0.2) is 27.3 Å². The zero-order chi connectivity index (χ0) is 10.9. The molecule has 0 saturated heterocycles. The molecule has 2 rings (SSSR count). The first kappa shape index (κ1) is 9.78. The van der Waals surface area contributed by atoms with Crippen LogP contribution in [-0.2, 0) is 10.0 Å². The first-order chi connectivity index (χ1) is 7.15. The predicted molar refractivity (Wildman–Crippen MR) is 54.7 cm³/mol. The van der Waals surface area contributed by atoms with Crippen LogP contribution in [0.1, 0.15) is 0 Å². The van der Waals surface area contributed by atoms with Gasteiger partial charge < -0.3 is 0 Å². The molecule has 0 fully saturated rings. The van der Waals surface area contributed by atoms with Crippen molar-refractivity contribution >= 4 is 21.2 Å². The van der Waals surface area contributed by atoms with Crippen molar-refractivity contribution in [2.24, 2.45) is 0 Å². The molecular formula is C8H8N4O2S. The van der Waals surface area contributed by atoms with Gasteiger partial charge in [0.05, 0.1) is 11.9 Å². The van der Waals surface area contributed by atoms with Crippen LogP contribution in [0.15, 0.2) is 31.5 Å². The minimum Gasteiger partial charge on any atom is -0.242 e. The summed E-state index contributed by atoms with van der Waals surface area (Å²) in [6.07, 6.45) is 5.28. The molecular weight excluding hydrogens is 216 g/mol. The van der Waals surface area contributed by atoms with Crippen LogP contribution in [-0.4, -0.2) is 33.1 Å². The Morgan fingerprint density at radius 2 is 2.27 bits per heavy atom. The van der Waals surface area contributed by atoms with E-state index < -0.39 is 10.0 Å². The number of imidazole rings is 1. The zero-order valence-electron chi connectivity index (χ0n) is 7.74. The SMILES string of the molecule is C=CCS(=O)(=O)n1cnc2cncnc21. The Hall–Kier alpha value is -1.76. The average Bonchev–Trinajstić information content (AvgIpc) is 2.61. The Bertz CT molecular complexity index is 602. The predicted octanol–water partition coefficient (Wildman–Crippen LogP) is 0.190. The molecule has 2 aromatic heterocycles. The number of rotatable bonds is 3. The molecule has 0 aliphatic heterocycles. The number of nitrogens with zero attached hydrogens (tertiary/aromatic N) is 4. The average molecular weight is 224 g/mol. The Kier molecular flexibility index (Phi) is 2.24. The summed E-state index contributed by atoms with van der Waals surface area (Å²) in [6, 6.07) is 0. The third kappa shape index (κ3) is 1.61. The normalized spacial score (nSPS) is 11.7. The van der Waals surface area contributed by atoms with Gasteiger partial charge in [0.2, 0.25) is 10.0 Å². The molecule has 2 heterocycles. The standard InChI is InChI=1S/C8H8N4O2S/c1-2-3-15(13,14)12-6-11-7-4-9-5-10-8(7)12/h2,4-6H,1,3H2. The highest BCUT2D eigenvalue weighted by molar-refractivity contribution is 7.90. The molecule has 78 valence electrons. The van der Waals surface area contributed by atoms with E-state index in [1.54, 1.807) is 0 Å². The van der Waals surface area contributed by atoms with Crippen molar-refractivity contribution in [3.63, 3.8) is 0 Å². The van der Waals surface area contributed by atoms with Gasteiger partial charge >= 0.3 is 0 Å². The van der Waals surface area contributed by atoms with Gasteiger partial charge in [-0.2, -0.15) is 0 Å². The molecule has 0 bridgehead atoms. The van der Waals surface area contributed by atoms with E-state index >= 15 is 0 Å². The molecule has 15 heavy (non-hydrogen) atoms. The van der Waals surface area contributed by atoms with E-state index in [9.17, 15) is 8.42 Å². The lowest BCUT2D eigenvalue weighted by atomic mass is 10.6. The molecule has 0 amide bonds. The summed E-state index contributed by atoms with van der Waals surface area (Å²) in [7, 11) is -3.45. The molecule has 0 aliphatic carbocycles. The van der Waals surface area contributed by atoms with Crippen LogP contribution in [0, 0.1) is 0 Å². The smallest absolute Gasteiger partial charge is 0.242 e. The Labute approximate surface area is 86.4 Å². The third-order valence-corrected chi connectivity index (χ3v) is 3.33. The van der Waals surface area contributed by atoms with Crippen molar-refractivity contribution in [2.45, 2.75) is 0 Å². The quantitative estimate of drug-likeness (QED) is 0.695. The summed E-state index contributed by atoms with van der Waals surface area (Å²) < 4.78 is 24.4. The zero-order valence-corrected chi connectivity index (χ0v) is 8.55. The lowest BCUT2D eigenvalue weighted by Crippen LogP contribution is -2.14. The second-order valence-electron chi connectivity index (χ2n) is 2.84. The van der Waals surface area contributed by atoms with Crippen molar-refractivity contribution in [1.29, 1.82) is 0 Å². The van der Waals surface area contributed by atoms with Gasteiger partial charge in [0.1, 0.15) is 18.2 Å². The second kappa shape index (κ2) is 3.43. The number of aromatic nitrogens is 4. The maximum Gasteiger partial charge on any atom is 0.245 e. The van der Waals surface area contributed by atoms with Crippen LogP contribution >= 0.6 is 0 Å². The summed E-state index contributed by atoms with van der Waals surface area (Å²) >= 11 is 0. The first-order valence-corrected chi connectivity index (χ1v) is 5.73. The summed E-state index contributed by atoms with van der Waals surface area (Å²) in [5.74, 6) is -0.150. The van der Waals surface area contributed by atoms with Crippen LogP contribution in [0.4, 0.5) is 0 Å². The molecule has 0 aliphatic rings. The summed E-state index contributed by atoms with van der Waals surface area (Å²) in [4.78, 5) is 11.5. The lowest BCUT2D eigenvalue weighted by molar-refractivity contribution is 0.591. The van der Waals surface area contributed by atoms with E-state index in [2.05, 4.69) is 21.5 Å². The van der Waals surface area contributed by atoms with Crippen LogP contribution in [0.5, 0.6) is 0 Å². The topological polar surface area (TPSA) is 77.7 Å². The first-order valence-electron chi connectivity index (χ1n) is 4.12. The fourth-order valence-corrected chi connectivity index (χ4v) is 2.23.